The molecule has 2 aromatic carbocycles. The van der Waals surface area contributed by atoms with Crippen LogP contribution in [0, 0.1) is 0 Å². The van der Waals surface area contributed by atoms with Crippen LogP contribution in [0.1, 0.15) is 15.9 Å². The molecule has 0 spiro atoms. The van der Waals surface area contributed by atoms with Crippen LogP contribution in [-0.2, 0) is 4.79 Å². The Kier molecular flexibility index (Phi) is 6.46. The second kappa shape index (κ2) is 9.01. The predicted molar refractivity (Wildman–Crippen MR) is 111 cm³/mol. The van der Waals surface area contributed by atoms with Gasteiger partial charge in [0.25, 0.3) is 11.8 Å². The standard InChI is InChI=1S/C19H13Cl3N4O2/c20-14-6-5-12(8-15(14)21)19(28)23-10-17(27)26-24-9-13-7-11-3-1-2-4-16(11)25-18(13)22/h1-9H,10H2,(H,23,28)(H,26,27)/b24-9-. The molecule has 142 valence electrons. The molecule has 0 saturated carbocycles. The highest BCUT2D eigenvalue weighted by atomic mass is 35.5. The van der Waals surface area contributed by atoms with E-state index in [9.17, 15) is 9.59 Å². The van der Waals surface area contributed by atoms with Gasteiger partial charge >= 0.3 is 0 Å². The van der Waals surface area contributed by atoms with E-state index in [1.54, 1.807) is 0 Å². The second-order valence-electron chi connectivity index (χ2n) is 5.67. The van der Waals surface area contributed by atoms with Crippen molar-refractivity contribution < 1.29 is 9.59 Å². The minimum atomic E-state index is -0.505. The van der Waals surface area contributed by atoms with Crippen LogP contribution in [0.15, 0.2) is 53.6 Å². The summed E-state index contributed by atoms with van der Waals surface area (Å²) in [6, 6.07) is 13.7. The Morgan fingerprint density at radius 2 is 1.82 bits per heavy atom. The molecule has 0 aliphatic heterocycles. The van der Waals surface area contributed by atoms with Crippen molar-refractivity contribution in [2.75, 3.05) is 6.54 Å². The van der Waals surface area contributed by atoms with Crippen molar-refractivity contribution in [3.05, 3.63) is 74.9 Å². The van der Waals surface area contributed by atoms with Crippen molar-refractivity contribution in [3.63, 3.8) is 0 Å². The zero-order chi connectivity index (χ0) is 20.1. The van der Waals surface area contributed by atoms with Gasteiger partial charge in [-0.1, -0.05) is 53.0 Å². The van der Waals surface area contributed by atoms with Gasteiger partial charge in [0.1, 0.15) is 5.15 Å². The number of hydrogen-bond donors (Lipinski definition) is 2. The molecule has 0 radical (unpaired) electrons. The number of aromatic nitrogens is 1. The number of fused-ring (bicyclic) bond motifs is 1. The number of hydrogen-bond acceptors (Lipinski definition) is 4. The summed E-state index contributed by atoms with van der Waals surface area (Å²) in [5, 5.41) is 8.07. The van der Waals surface area contributed by atoms with Crippen LogP contribution >= 0.6 is 34.8 Å². The van der Waals surface area contributed by atoms with E-state index in [0.29, 0.717) is 16.1 Å². The van der Waals surface area contributed by atoms with E-state index in [2.05, 4.69) is 20.8 Å². The van der Waals surface area contributed by atoms with Crippen LogP contribution in [0.3, 0.4) is 0 Å². The number of hydrazone groups is 1. The molecule has 0 aliphatic carbocycles. The average molecular weight is 436 g/mol. The van der Waals surface area contributed by atoms with Crippen molar-refractivity contribution >= 4 is 63.7 Å². The van der Waals surface area contributed by atoms with Crippen molar-refractivity contribution in [2.45, 2.75) is 0 Å². The summed E-state index contributed by atoms with van der Waals surface area (Å²) in [5.74, 6) is -0.964. The molecule has 6 nitrogen and oxygen atoms in total. The Bertz CT molecular complexity index is 1090. The van der Waals surface area contributed by atoms with Gasteiger partial charge < -0.3 is 5.32 Å². The molecule has 3 aromatic rings. The minimum absolute atomic E-state index is 0.254. The first-order valence-corrected chi connectivity index (χ1v) is 9.18. The Labute approximate surface area is 175 Å². The van der Waals surface area contributed by atoms with E-state index in [0.717, 1.165) is 10.9 Å². The number of amides is 2. The summed E-state index contributed by atoms with van der Waals surface area (Å²) in [7, 11) is 0. The molecular formula is C19H13Cl3N4O2. The Morgan fingerprint density at radius 1 is 1.04 bits per heavy atom. The zero-order valence-electron chi connectivity index (χ0n) is 14.2. The number of halogens is 3. The normalized spacial score (nSPS) is 11.0. The van der Waals surface area contributed by atoms with Crippen LogP contribution in [0.2, 0.25) is 15.2 Å². The first-order valence-electron chi connectivity index (χ1n) is 8.04. The van der Waals surface area contributed by atoms with Crippen molar-refractivity contribution in [2.24, 2.45) is 5.10 Å². The van der Waals surface area contributed by atoms with E-state index in [4.69, 9.17) is 34.8 Å². The van der Waals surface area contributed by atoms with Crippen molar-refractivity contribution in [3.8, 4) is 0 Å². The fourth-order valence-electron chi connectivity index (χ4n) is 2.31. The smallest absolute Gasteiger partial charge is 0.259 e. The highest BCUT2D eigenvalue weighted by Gasteiger charge is 2.09. The first-order chi connectivity index (χ1) is 13.4. The van der Waals surface area contributed by atoms with Gasteiger partial charge in [-0.3, -0.25) is 9.59 Å². The van der Waals surface area contributed by atoms with Gasteiger partial charge in [-0.25, -0.2) is 10.4 Å². The van der Waals surface area contributed by atoms with Gasteiger partial charge in [0.15, 0.2) is 0 Å². The molecule has 2 amide bonds. The van der Waals surface area contributed by atoms with Gasteiger partial charge in [0, 0.05) is 16.5 Å². The molecule has 3 rings (SSSR count). The molecule has 1 aromatic heterocycles. The molecule has 1 heterocycles. The molecule has 0 unspecified atom stereocenters. The summed E-state index contributed by atoms with van der Waals surface area (Å²) >= 11 is 17.8. The molecule has 9 heteroatoms. The third-order valence-electron chi connectivity index (χ3n) is 3.69. The number of benzene rings is 2. The maximum absolute atomic E-state index is 12.0. The summed E-state index contributed by atoms with van der Waals surface area (Å²) < 4.78 is 0. The molecule has 0 aliphatic rings. The lowest BCUT2D eigenvalue weighted by Gasteiger charge is -2.05. The third kappa shape index (κ3) is 4.98. The second-order valence-corrected chi connectivity index (χ2v) is 6.84. The largest absolute Gasteiger partial charge is 0.343 e. The van der Waals surface area contributed by atoms with E-state index in [1.807, 2.05) is 30.3 Å². The van der Waals surface area contributed by atoms with Crippen LogP contribution in [-0.4, -0.2) is 29.6 Å². The number of rotatable bonds is 5. The predicted octanol–water partition coefficient (Wildman–Crippen LogP) is 4.08. The summed E-state index contributed by atoms with van der Waals surface area (Å²) in [4.78, 5) is 28.1. The molecule has 0 fully saturated rings. The molecule has 28 heavy (non-hydrogen) atoms. The number of carbonyl (C=O) groups is 2. The fraction of sp³-hybridized carbons (Fsp3) is 0.0526. The van der Waals surface area contributed by atoms with Crippen molar-refractivity contribution in [1.82, 2.24) is 15.7 Å². The van der Waals surface area contributed by atoms with E-state index in [1.165, 1.54) is 24.4 Å². The molecule has 0 bridgehead atoms. The lowest BCUT2D eigenvalue weighted by atomic mass is 10.2. The van der Waals surface area contributed by atoms with Crippen LogP contribution in [0.5, 0.6) is 0 Å². The van der Waals surface area contributed by atoms with E-state index < -0.39 is 11.8 Å². The number of nitrogens with one attached hydrogen (secondary N) is 2. The van der Waals surface area contributed by atoms with Crippen LogP contribution in [0.25, 0.3) is 10.9 Å². The SMILES string of the molecule is O=C(CNC(=O)c1ccc(Cl)c(Cl)c1)N/N=C\c1cc2ccccc2nc1Cl. The first kappa shape index (κ1) is 20.1. The van der Waals surface area contributed by atoms with E-state index >= 15 is 0 Å². The summed E-state index contributed by atoms with van der Waals surface area (Å²) in [6.45, 7) is -0.264. The Morgan fingerprint density at radius 3 is 2.61 bits per heavy atom. The molecule has 2 N–H and O–H groups in total. The number of carbonyl (C=O) groups excluding carboxylic acids is 2. The summed E-state index contributed by atoms with van der Waals surface area (Å²) in [5.41, 5.74) is 3.93. The number of pyridine rings is 1. The van der Waals surface area contributed by atoms with Gasteiger partial charge in [-0.2, -0.15) is 5.10 Å². The van der Waals surface area contributed by atoms with Crippen molar-refractivity contribution in [1.29, 1.82) is 0 Å². The summed E-state index contributed by atoms with van der Waals surface area (Å²) in [6.07, 6.45) is 1.39. The van der Waals surface area contributed by atoms with E-state index in [-0.39, 0.29) is 16.7 Å². The molecule has 0 atom stereocenters. The zero-order valence-corrected chi connectivity index (χ0v) is 16.5. The molecule has 0 saturated heterocycles. The van der Waals surface area contributed by atoms with Crippen LogP contribution < -0.4 is 10.7 Å². The van der Waals surface area contributed by atoms with Gasteiger partial charge in [-0.15, -0.1) is 0 Å². The highest BCUT2D eigenvalue weighted by Crippen LogP contribution is 2.22. The van der Waals surface area contributed by atoms with Gasteiger partial charge in [-0.05, 0) is 30.3 Å². The average Bonchev–Trinajstić information content (AvgIpc) is 2.68. The lowest BCUT2D eigenvalue weighted by molar-refractivity contribution is -0.120. The third-order valence-corrected chi connectivity index (χ3v) is 4.73. The van der Waals surface area contributed by atoms with Crippen LogP contribution in [0.4, 0.5) is 0 Å². The maximum atomic E-state index is 12.0. The minimum Gasteiger partial charge on any atom is -0.343 e. The Balaban J connectivity index is 1.56. The highest BCUT2D eigenvalue weighted by molar-refractivity contribution is 6.42. The number of para-hydroxylation sites is 1. The number of nitrogens with zero attached hydrogens (tertiary/aromatic N) is 2. The molecular weight excluding hydrogens is 423 g/mol. The lowest BCUT2D eigenvalue weighted by Crippen LogP contribution is -2.34. The van der Waals surface area contributed by atoms with Gasteiger partial charge in [0.2, 0.25) is 0 Å². The monoisotopic (exact) mass is 434 g/mol. The van der Waals surface area contributed by atoms with Gasteiger partial charge in [0.05, 0.1) is 28.3 Å². The Hall–Kier alpha value is -2.67. The quantitative estimate of drug-likeness (QED) is 0.360. The maximum Gasteiger partial charge on any atom is 0.259 e. The topological polar surface area (TPSA) is 83.5 Å². The fourth-order valence-corrected chi connectivity index (χ4v) is 2.81.